The molecule has 1 atom stereocenters. The van der Waals surface area contributed by atoms with Gasteiger partial charge < -0.3 is 10.6 Å². The number of nitrogens with one attached hydrogen (secondary N) is 2. The first kappa shape index (κ1) is 15.1. The molecule has 5 nitrogen and oxygen atoms in total. The third kappa shape index (κ3) is 2.23. The zero-order valence-corrected chi connectivity index (χ0v) is 13.1. The molecule has 1 aliphatic carbocycles. The second kappa shape index (κ2) is 5.45. The molecule has 1 heterocycles. The lowest BCUT2D eigenvalue weighted by molar-refractivity contribution is -0.131. The van der Waals surface area contributed by atoms with Gasteiger partial charge in [0, 0.05) is 5.56 Å². The van der Waals surface area contributed by atoms with E-state index in [4.69, 9.17) is 23.2 Å². The number of halogens is 2. The fraction of sp³-hybridized carbons (Fsp3) is 0.400. The molecular weight excluding hydrogens is 325 g/mol. The number of anilines is 1. The highest BCUT2D eigenvalue weighted by Gasteiger charge is 2.44. The Morgan fingerprint density at radius 3 is 2.68 bits per heavy atom. The number of hydrogen-bond acceptors (Lipinski definition) is 3. The van der Waals surface area contributed by atoms with E-state index < -0.39 is 17.4 Å². The van der Waals surface area contributed by atoms with Crippen LogP contribution >= 0.6 is 23.2 Å². The Labute approximate surface area is 137 Å². The molecule has 114 valence electrons. The van der Waals surface area contributed by atoms with Crippen molar-refractivity contribution in [3.63, 3.8) is 0 Å². The molecule has 1 aliphatic heterocycles. The highest BCUT2D eigenvalue weighted by molar-refractivity contribution is 6.44. The first-order valence-electron chi connectivity index (χ1n) is 6.99. The summed E-state index contributed by atoms with van der Waals surface area (Å²) in [5, 5.41) is 15.3. The van der Waals surface area contributed by atoms with Crippen LogP contribution < -0.4 is 10.6 Å². The van der Waals surface area contributed by atoms with Gasteiger partial charge in [0.15, 0.2) is 0 Å². The van der Waals surface area contributed by atoms with E-state index in [1.165, 1.54) is 0 Å². The van der Waals surface area contributed by atoms with Crippen molar-refractivity contribution in [2.24, 2.45) is 5.41 Å². The zero-order valence-electron chi connectivity index (χ0n) is 11.6. The first-order valence-corrected chi connectivity index (χ1v) is 7.75. The number of amides is 2. The predicted molar refractivity (Wildman–Crippen MR) is 82.5 cm³/mol. The van der Waals surface area contributed by atoms with Crippen molar-refractivity contribution in [2.75, 3.05) is 5.32 Å². The fourth-order valence-electron chi connectivity index (χ4n) is 3.05. The molecule has 2 N–H and O–H groups in total. The molecule has 2 aliphatic rings. The van der Waals surface area contributed by atoms with E-state index >= 15 is 0 Å². The molecule has 0 bridgehead atoms. The lowest BCUT2D eigenvalue weighted by atomic mass is 9.86. The van der Waals surface area contributed by atoms with Crippen molar-refractivity contribution in [1.29, 1.82) is 5.26 Å². The third-order valence-electron chi connectivity index (χ3n) is 4.33. The van der Waals surface area contributed by atoms with Crippen molar-refractivity contribution in [3.8, 4) is 6.07 Å². The Morgan fingerprint density at radius 2 is 2.05 bits per heavy atom. The van der Waals surface area contributed by atoms with Crippen LogP contribution in [0.1, 0.15) is 37.3 Å². The number of benzene rings is 1. The lowest BCUT2D eigenvalue weighted by Crippen LogP contribution is -2.42. The van der Waals surface area contributed by atoms with E-state index in [2.05, 4.69) is 16.7 Å². The van der Waals surface area contributed by atoms with E-state index in [9.17, 15) is 14.9 Å². The van der Waals surface area contributed by atoms with E-state index in [0.29, 0.717) is 29.1 Å². The highest BCUT2D eigenvalue weighted by atomic mass is 35.5. The van der Waals surface area contributed by atoms with Crippen LogP contribution in [0.4, 0.5) is 5.69 Å². The topological polar surface area (TPSA) is 82.0 Å². The molecule has 0 saturated heterocycles. The summed E-state index contributed by atoms with van der Waals surface area (Å²) in [6.07, 6.45) is 2.74. The average molecular weight is 338 g/mol. The van der Waals surface area contributed by atoms with Gasteiger partial charge in [-0.05, 0) is 18.9 Å². The maximum atomic E-state index is 12.5. The maximum Gasteiger partial charge on any atom is 0.251 e. The van der Waals surface area contributed by atoms with E-state index in [1.807, 2.05) is 0 Å². The standard InChI is InChI=1S/C15H13Cl2N3O2/c16-9-4-3-8-11(10(9)17)19-13(21)12(8)20-14(22)15(7-18)5-1-2-6-15/h3-4,12H,1-2,5-6H2,(H,19,21)(H,20,22). The van der Waals surface area contributed by atoms with Gasteiger partial charge in [-0.2, -0.15) is 5.26 Å². The molecule has 7 heteroatoms. The Bertz CT molecular complexity index is 705. The summed E-state index contributed by atoms with van der Waals surface area (Å²) in [5.41, 5.74) is -0.0417. The van der Waals surface area contributed by atoms with Gasteiger partial charge in [0.25, 0.3) is 5.91 Å². The summed E-state index contributed by atoms with van der Waals surface area (Å²) in [6.45, 7) is 0. The smallest absolute Gasteiger partial charge is 0.251 e. The van der Waals surface area contributed by atoms with Crippen molar-refractivity contribution in [3.05, 3.63) is 27.7 Å². The van der Waals surface area contributed by atoms with Crippen molar-refractivity contribution in [2.45, 2.75) is 31.7 Å². The number of nitriles is 1. The molecular formula is C15H13Cl2N3O2. The SMILES string of the molecule is N#CC1(C(=O)NC2C(=O)Nc3c2ccc(Cl)c3Cl)CCCC1. The summed E-state index contributed by atoms with van der Waals surface area (Å²) in [7, 11) is 0. The van der Waals surface area contributed by atoms with Gasteiger partial charge in [-0.3, -0.25) is 9.59 Å². The summed E-state index contributed by atoms with van der Waals surface area (Å²) >= 11 is 12.0. The van der Waals surface area contributed by atoms with Crippen molar-refractivity contribution < 1.29 is 9.59 Å². The molecule has 0 radical (unpaired) electrons. The van der Waals surface area contributed by atoms with Crippen LogP contribution in [-0.4, -0.2) is 11.8 Å². The van der Waals surface area contributed by atoms with E-state index in [1.54, 1.807) is 12.1 Å². The molecule has 3 rings (SSSR count). The minimum absolute atomic E-state index is 0.250. The molecule has 22 heavy (non-hydrogen) atoms. The normalized spacial score (nSPS) is 21.9. The van der Waals surface area contributed by atoms with Crippen LogP contribution in [-0.2, 0) is 9.59 Å². The summed E-state index contributed by atoms with van der Waals surface area (Å²) in [4.78, 5) is 24.6. The molecule has 0 aromatic heterocycles. The maximum absolute atomic E-state index is 12.5. The van der Waals surface area contributed by atoms with Crippen LogP contribution in [0.25, 0.3) is 0 Å². The second-order valence-corrected chi connectivity index (χ2v) is 6.41. The van der Waals surface area contributed by atoms with Crippen molar-refractivity contribution in [1.82, 2.24) is 5.32 Å². The number of carbonyl (C=O) groups is 2. The van der Waals surface area contributed by atoms with Crippen LogP contribution in [0.15, 0.2) is 12.1 Å². The van der Waals surface area contributed by atoms with Crippen LogP contribution in [0.5, 0.6) is 0 Å². The van der Waals surface area contributed by atoms with Crippen LogP contribution in [0.3, 0.4) is 0 Å². The fourth-order valence-corrected chi connectivity index (χ4v) is 3.43. The first-order chi connectivity index (χ1) is 10.5. The van der Waals surface area contributed by atoms with Gasteiger partial charge in [-0.1, -0.05) is 42.1 Å². The molecule has 1 saturated carbocycles. The Kier molecular flexibility index (Phi) is 3.75. The summed E-state index contributed by atoms with van der Waals surface area (Å²) in [5.74, 6) is -0.773. The third-order valence-corrected chi connectivity index (χ3v) is 5.13. The number of nitrogens with zero attached hydrogens (tertiary/aromatic N) is 1. The quantitative estimate of drug-likeness (QED) is 0.869. The van der Waals surface area contributed by atoms with Gasteiger partial charge in [0.2, 0.25) is 5.91 Å². The Balaban J connectivity index is 1.89. The zero-order chi connectivity index (χ0) is 15.9. The Morgan fingerprint density at radius 1 is 1.36 bits per heavy atom. The monoisotopic (exact) mass is 337 g/mol. The summed E-state index contributed by atoms with van der Waals surface area (Å²) in [6, 6.07) is 4.51. The van der Waals surface area contributed by atoms with Gasteiger partial charge in [-0.25, -0.2) is 0 Å². The van der Waals surface area contributed by atoms with Crippen LogP contribution in [0.2, 0.25) is 10.0 Å². The number of hydrogen-bond donors (Lipinski definition) is 2. The Hall–Kier alpha value is -1.77. The predicted octanol–water partition coefficient (Wildman–Crippen LogP) is 3.19. The molecule has 0 spiro atoms. The second-order valence-electron chi connectivity index (χ2n) is 5.62. The minimum atomic E-state index is -1.03. The molecule has 1 aromatic rings. The number of carbonyl (C=O) groups excluding carboxylic acids is 2. The molecule has 1 unspecified atom stereocenters. The average Bonchev–Trinajstić information content (AvgIpc) is 3.10. The lowest BCUT2D eigenvalue weighted by Gasteiger charge is -2.21. The molecule has 2 amide bonds. The molecule has 1 aromatic carbocycles. The van der Waals surface area contributed by atoms with Gasteiger partial charge in [-0.15, -0.1) is 0 Å². The van der Waals surface area contributed by atoms with Gasteiger partial charge in [0.1, 0.15) is 11.5 Å². The van der Waals surface area contributed by atoms with Crippen LogP contribution in [0, 0.1) is 16.7 Å². The summed E-state index contributed by atoms with van der Waals surface area (Å²) < 4.78 is 0. The van der Waals surface area contributed by atoms with E-state index in [-0.39, 0.29) is 10.9 Å². The minimum Gasteiger partial charge on any atom is -0.339 e. The highest BCUT2D eigenvalue weighted by Crippen LogP contribution is 2.42. The molecule has 1 fully saturated rings. The van der Waals surface area contributed by atoms with Gasteiger partial charge in [0.05, 0.1) is 21.8 Å². The largest absolute Gasteiger partial charge is 0.339 e. The number of rotatable bonds is 2. The van der Waals surface area contributed by atoms with Gasteiger partial charge >= 0.3 is 0 Å². The van der Waals surface area contributed by atoms with Crippen molar-refractivity contribution >= 4 is 40.7 Å². The van der Waals surface area contributed by atoms with E-state index in [0.717, 1.165) is 12.8 Å². The number of fused-ring (bicyclic) bond motifs is 1.